The molecule has 3 heteroatoms. The smallest absolute Gasteiger partial charge is 0.222 e. The molecular formula is C17H35NO2. The molecule has 120 valence electrons. The maximum Gasteiger partial charge on any atom is 0.222 e. The van der Waals surface area contributed by atoms with Crippen molar-refractivity contribution in [2.75, 3.05) is 20.2 Å². The van der Waals surface area contributed by atoms with E-state index in [1.54, 1.807) is 0 Å². The summed E-state index contributed by atoms with van der Waals surface area (Å²) in [6, 6.07) is 0. The number of carbonyl (C=O) groups is 1. The normalized spacial score (nSPS) is 11.1. The quantitative estimate of drug-likeness (QED) is 0.469. The Hall–Kier alpha value is -0.570. The van der Waals surface area contributed by atoms with E-state index >= 15 is 0 Å². The van der Waals surface area contributed by atoms with Gasteiger partial charge in [-0.15, -0.1) is 0 Å². The van der Waals surface area contributed by atoms with Crippen LogP contribution in [0.4, 0.5) is 0 Å². The molecule has 0 unspecified atom stereocenters. The van der Waals surface area contributed by atoms with E-state index in [1.165, 1.54) is 25.7 Å². The minimum absolute atomic E-state index is 0.309. The Morgan fingerprint density at radius 2 is 1.60 bits per heavy atom. The van der Waals surface area contributed by atoms with Crippen LogP contribution in [0, 0.1) is 0 Å². The van der Waals surface area contributed by atoms with Crippen molar-refractivity contribution in [2.45, 2.75) is 84.7 Å². The lowest BCUT2D eigenvalue weighted by molar-refractivity contribution is -0.130. The van der Waals surface area contributed by atoms with Crippen molar-refractivity contribution in [1.82, 2.24) is 4.90 Å². The van der Waals surface area contributed by atoms with Crippen LogP contribution in [-0.4, -0.2) is 37.1 Å². The van der Waals surface area contributed by atoms with Crippen LogP contribution in [0.3, 0.4) is 0 Å². The second kappa shape index (κ2) is 13.4. The number of ether oxygens (including phenoxy) is 1. The predicted molar refractivity (Wildman–Crippen MR) is 86.0 cm³/mol. The van der Waals surface area contributed by atoms with Crippen LogP contribution in [0.15, 0.2) is 0 Å². The van der Waals surface area contributed by atoms with Crippen LogP contribution in [0.1, 0.15) is 78.6 Å². The Labute approximate surface area is 126 Å². The first-order chi connectivity index (χ1) is 9.57. The molecule has 1 amide bonds. The lowest BCUT2D eigenvalue weighted by atomic mass is 10.1. The molecule has 0 N–H and O–H groups in total. The number of hydrogen-bond acceptors (Lipinski definition) is 2. The molecule has 0 atom stereocenters. The molecular weight excluding hydrogens is 250 g/mol. The molecule has 0 aromatic heterocycles. The number of amides is 1. The van der Waals surface area contributed by atoms with Gasteiger partial charge in [0.25, 0.3) is 0 Å². The number of unbranched alkanes of at least 4 members (excludes halogenated alkanes) is 6. The van der Waals surface area contributed by atoms with Crippen LogP contribution < -0.4 is 0 Å². The van der Waals surface area contributed by atoms with Gasteiger partial charge < -0.3 is 9.64 Å². The molecule has 0 fully saturated rings. The second-order valence-electron chi connectivity index (χ2n) is 5.96. The van der Waals surface area contributed by atoms with E-state index in [-0.39, 0.29) is 0 Å². The lowest BCUT2D eigenvalue weighted by Crippen LogP contribution is -2.27. The zero-order valence-corrected chi connectivity index (χ0v) is 14.1. The molecule has 0 aliphatic heterocycles. The second-order valence-corrected chi connectivity index (χ2v) is 5.96. The highest BCUT2D eigenvalue weighted by atomic mass is 16.5. The average Bonchev–Trinajstić information content (AvgIpc) is 2.42. The molecule has 0 aliphatic carbocycles. The van der Waals surface area contributed by atoms with E-state index in [1.807, 2.05) is 11.9 Å². The van der Waals surface area contributed by atoms with Gasteiger partial charge >= 0.3 is 0 Å². The molecule has 0 spiro atoms. The monoisotopic (exact) mass is 285 g/mol. The van der Waals surface area contributed by atoms with E-state index < -0.39 is 0 Å². The molecule has 0 rings (SSSR count). The summed E-state index contributed by atoms with van der Waals surface area (Å²) in [5, 5.41) is 0. The van der Waals surface area contributed by atoms with Crippen LogP contribution in [0.2, 0.25) is 0 Å². The average molecular weight is 285 g/mol. The summed E-state index contributed by atoms with van der Waals surface area (Å²) < 4.78 is 5.51. The summed E-state index contributed by atoms with van der Waals surface area (Å²) in [6.45, 7) is 8.11. The fourth-order valence-corrected chi connectivity index (χ4v) is 2.12. The minimum Gasteiger partial charge on any atom is -0.379 e. The summed E-state index contributed by atoms with van der Waals surface area (Å²) >= 11 is 0. The minimum atomic E-state index is 0.309. The first kappa shape index (κ1) is 19.4. The molecule has 0 radical (unpaired) electrons. The summed E-state index contributed by atoms with van der Waals surface area (Å²) in [7, 11) is 1.92. The number of hydrogen-bond donors (Lipinski definition) is 0. The van der Waals surface area contributed by atoms with Gasteiger partial charge in [-0.05, 0) is 33.1 Å². The number of carbonyl (C=O) groups excluding carboxylic acids is 1. The first-order valence-corrected chi connectivity index (χ1v) is 8.43. The summed E-state index contributed by atoms with van der Waals surface area (Å²) in [5.74, 6) is 0.309. The summed E-state index contributed by atoms with van der Waals surface area (Å²) in [5.41, 5.74) is 0. The fourth-order valence-electron chi connectivity index (χ4n) is 2.12. The van der Waals surface area contributed by atoms with Crippen LogP contribution in [-0.2, 0) is 9.53 Å². The van der Waals surface area contributed by atoms with Crippen molar-refractivity contribution in [3.63, 3.8) is 0 Å². The molecule has 0 heterocycles. The molecule has 0 aliphatic rings. The van der Waals surface area contributed by atoms with Gasteiger partial charge in [0.1, 0.15) is 0 Å². The highest BCUT2D eigenvalue weighted by Gasteiger charge is 2.06. The van der Waals surface area contributed by atoms with E-state index in [9.17, 15) is 4.79 Å². The van der Waals surface area contributed by atoms with Crippen LogP contribution in [0.25, 0.3) is 0 Å². The van der Waals surface area contributed by atoms with Gasteiger partial charge in [0.05, 0.1) is 6.10 Å². The zero-order valence-electron chi connectivity index (χ0n) is 14.1. The van der Waals surface area contributed by atoms with Crippen molar-refractivity contribution >= 4 is 5.91 Å². The van der Waals surface area contributed by atoms with Gasteiger partial charge in [-0.2, -0.15) is 0 Å². The van der Waals surface area contributed by atoms with Gasteiger partial charge in [-0.25, -0.2) is 0 Å². The van der Waals surface area contributed by atoms with Gasteiger partial charge in [-0.1, -0.05) is 39.0 Å². The molecule has 0 saturated carbocycles. The number of nitrogens with zero attached hydrogens (tertiary/aromatic N) is 1. The maximum absolute atomic E-state index is 11.8. The Morgan fingerprint density at radius 1 is 1.00 bits per heavy atom. The fraction of sp³-hybridized carbons (Fsp3) is 0.941. The van der Waals surface area contributed by atoms with Crippen molar-refractivity contribution in [3.8, 4) is 0 Å². The van der Waals surface area contributed by atoms with Crippen molar-refractivity contribution in [2.24, 2.45) is 0 Å². The van der Waals surface area contributed by atoms with Crippen LogP contribution >= 0.6 is 0 Å². The largest absolute Gasteiger partial charge is 0.379 e. The molecule has 0 saturated heterocycles. The molecule has 20 heavy (non-hydrogen) atoms. The van der Waals surface area contributed by atoms with Crippen LogP contribution in [0.5, 0.6) is 0 Å². The third-order valence-electron chi connectivity index (χ3n) is 3.51. The van der Waals surface area contributed by atoms with E-state index in [0.717, 1.165) is 45.3 Å². The molecule has 0 bridgehead atoms. The standard InChI is InChI=1S/C17H35NO2/c1-5-6-14-18(4)17(19)13-11-9-7-8-10-12-15-20-16(2)3/h16H,5-15H2,1-4H3. The van der Waals surface area contributed by atoms with Gasteiger partial charge in [0.15, 0.2) is 0 Å². The highest BCUT2D eigenvalue weighted by molar-refractivity contribution is 5.75. The topological polar surface area (TPSA) is 29.5 Å². The zero-order chi connectivity index (χ0) is 15.2. The van der Waals surface area contributed by atoms with Crippen molar-refractivity contribution < 1.29 is 9.53 Å². The highest BCUT2D eigenvalue weighted by Crippen LogP contribution is 2.09. The predicted octanol–water partition coefficient (Wildman–Crippen LogP) is 4.40. The molecule has 0 aromatic rings. The van der Waals surface area contributed by atoms with Crippen molar-refractivity contribution in [1.29, 1.82) is 0 Å². The first-order valence-electron chi connectivity index (χ1n) is 8.43. The molecule has 3 nitrogen and oxygen atoms in total. The summed E-state index contributed by atoms with van der Waals surface area (Å²) in [4.78, 5) is 13.7. The van der Waals surface area contributed by atoms with Gasteiger partial charge in [0, 0.05) is 26.6 Å². The Morgan fingerprint density at radius 3 is 2.20 bits per heavy atom. The Balaban J connectivity index is 3.29. The third-order valence-corrected chi connectivity index (χ3v) is 3.51. The number of rotatable bonds is 13. The van der Waals surface area contributed by atoms with Gasteiger partial charge in [-0.3, -0.25) is 4.79 Å². The van der Waals surface area contributed by atoms with E-state index in [0.29, 0.717) is 12.0 Å². The van der Waals surface area contributed by atoms with E-state index in [4.69, 9.17) is 4.74 Å². The van der Waals surface area contributed by atoms with Gasteiger partial charge in [0.2, 0.25) is 5.91 Å². The summed E-state index contributed by atoms with van der Waals surface area (Å²) in [6.07, 6.45) is 10.5. The Kier molecular flexibility index (Phi) is 13.0. The Bertz CT molecular complexity index is 229. The van der Waals surface area contributed by atoms with Crippen molar-refractivity contribution in [3.05, 3.63) is 0 Å². The SMILES string of the molecule is CCCCN(C)C(=O)CCCCCCCCOC(C)C. The lowest BCUT2D eigenvalue weighted by Gasteiger charge is -2.16. The third kappa shape index (κ3) is 12.5. The van der Waals surface area contributed by atoms with E-state index in [2.05, 4.69) is 20.8 Å². The maximum atomic E-state index is 11.8. The molecule has 0 aromatic carbocycles.